The first kappa shape index (κ1) is 28.7. The Hall–Kier alpha value is -3.55. The maximum atomic E-state index is 12.4. The molecule has 2 aromatic rings. The lowest BCUT2D eigenvalue weighted by Gasteiger charge is -2.20. The van der Waals surface area contributed by atoms with E-state index in [-0.39, 0.29) is 18.9 Å². The summed E-state index contributed by atoms with van der Waals surface area (Å²) in [6.45, 7) is 9.80. The third kappa shape index (κ3) is 8.29. The first-order chi connectivity index (χ1) is 17.2. The fourth-order valence-corrected chi connectivity index (χ4v) is 4.02. The molecule has 36 heavy (non-hydrogen) atoms. The number of carboxylic acids is 1. The van der Waals surface area contributed by atoms with Crippen molar-refractivity contribution in [2.45, 2.75) is 71.4 Å². The largest absolute Gasteiger partial charge is 0.480 e. The second-order valence-corrected chi connectivity index (χ2v) is 9.29. The molecule has 0 saturated heterocycles. The lowest BCUT2D eigenvalue weighted by molar-refractivity contribution is -0.139. The Kier molecular flexibility index (Phi) is 10.8. The molecular formula is C28H38N2O6. The van der Waals surface area contributed by atoms with Crippen LogP contribution in [0.4, 0.5) is 9.59 Å². The van der Waals surface area contributed by atoms with Crippen molar-refractivity contribution in [3.8, 4) is 11.1 Å². The van der Waals surface area contributed by atoms with Gasteiger partial charge in [0.25, 0.3) is 0 Å². The number of hydrogen-bond donors (Lipinski definition) is 3. The summed E-state index contributed by atoms with van der Waals surface area (Å²) in [7, 11) is 0. The zero-order chi connectivity index (χ0) is 26.7. The Balaban J connectivity index is 0.00000222. The molecule has 1 aliphatic carbocycles. The highest BCUT2D eigenvalue weighted by Gasteiger charge is 2.29. The summed E-state index contributed by atoms with van der Waals surface area (Å²) in [4.78, 5) is 35.6. The van der Waals surface area contributed by atoms with E-state index in [4.69, 9.17) is 9.47 Å². The van der Waals surface area contributed by atoms with Crippen molar-refractivity contribution in [1.29, 1.82) is 0 Å². The average Bonchev–Trinajstić information content (AvgIpc) is 3.15. The van der Waals surface area contributed by atoms with Crippen LogP contribution in [0.3, 0.4) is 0 Å². The average molecular weight is 499 g/mol. The van der Waals surface area contributed by atoms with E-state index >= 15 is 0 Å². The van der Waals surface area contributed by atoms with Gasteiger partial charge in [-0.05, 0) is 62.3 Å². The molecule has 0 saturated carbocycles. The van der Waals surface area contributed by atoms with Crippen molar-refractivity contribution in [2.75, 3.05) is 13.2 Å². The summed E-state index contributed by atoms with van der Waals surface area (Å²) in [5, 5.41) is 14.6. The first-order valence-corrected chi connectivity index (χ1v) is 12.5. The Bertz CT molecular complexity index is 985. The van der Waals surface area contributed by atoms with Gasteiger partial charge in [0.15, 0.2) is 0 Å². The molecule has 0 heterocycles. The van der Waals surface area contributed by atoms with Crippen LogP contribution < -0.4 is 10.6 Å². The van der Waals surface area contributed by atoms with E-state index in [1.165, 1.54) is 0 Å². The number of amides is 2. The molecular weight excluding hydrogens is 460 g/mol. The second kappa shape index (κ2) is 13.5. The van der Waals surface area contributed by atoms with Gasteiger partial charge in [-0.25, -0.2) is 14.4 Å². The SMILES string of the molecule is CC.CC(C)(C)OC(=O)NCCCCC(NC(=O)OCC1c2ccccc2-c2ccccc21)C(=O)O. The molecule has 2 amide bonds. The first-order valence-electron chi connectivity index (χ1n) is 12.5. The van der Waals surface area contributed by atoms with Gasteiger partial charge in [-0.1, -0.05) is 62.4 Å². The number of nitrogens with one attached hydrogen (secondary N) is 2. The second-order valence-electron chi connectivity index (χ2n) is 9.29. The molecule has 1 unspecified atom stereocenters. The molecule has 196 valence electrons. The highest BCUT2D eigenvalue weighted by Crippen LogP contribution is 2.44. The zero-order valence-electron chi connectivity index (χ0n) is 21.8. The summed E-state index contributed by atoms with van der Waals surface area (Å²) >= 11 is 0. The number of hydrogen-bond acceptors (Lipinski definition) is 5. The molecule has 8 heteroatoms. The zero-order valence-corrected chi connectivity index (χ0v) is 21.8. The van der Waals surface area contributed by atoms with Crippen molar-refractivity contribution in [3.05, 3.63) is 59.7 Å². The number of fused-ring (bicyclic) bond motifs is 3. The molecule has 8 nitrogen and oxygen atoms in total. The van der Waals surface area contributed by atoms with Crippen molar-refractivity contribution >= 4 is 18.2 Å². The number of ether oxygens (including phenoxy) is 2. The van der Waals surface area contributed by atoms with Gasteiger partial charge in [0, 0.05) is 12.5 Å². The Labute approximate surface area is 213 Å². The molecule has 0 aromatic heterocycles. The number of carbonyl (C=O) groups is 3. The fourth-order valence-electron chi connectivity index (χ4n) is 4.02. The normalized spacial score (nSPS) is 12.8. The van der Waals surface area contributed by atoms with E-state index in [0.717, 1.165) is 22.3 Å². The quantitative estimate of drug-likeness (QED) is 0.382. The molecule has 3 N–H and O–H groups in total. The van der Waals surface area contributed by atoms with Crippen LogP contribution in [0, 0.1) is 0 Å². The van der Waals surface area contributed by atoms with Crippen molar-refractivity contribution in [1.82, 2.24) is 10.6 Å². The van der Waals surface area contributed by atoms with Gasteiger partial charge >= 0.3 is 18.2 Å². The van der Waals surface area contributed by atoms with E-state index in [1.54, 1.807) is 20.8 Å². The van der Waals surface area contributed by atoms with E-state index in [2.05, 4.69) is 10.6 Å². The Morgan fingerprint density at radius 3 is 2.00 bits per heavy atom. The maximum absolute atomic E-state index is 12.4. The standard InChI is InChI=1S/C26H32N2O6.C2H6/c1-26(2,3)34-24(31)27-15-9-8-14-22(23(29)30)28-25(32)33-16-21-19-12-6-4-10-17(19)18-11-5-7-13-20(18)21;1-2/h4-7,10-13,21-22H,8-9,14-16H2,1-3H3,(H,27,31)(H,28,32)(H,29,30);1-2H3. The number of benzene rings is 2. The highest BCUT2D eigenvalue weighted by molar-refractivity contribution is 5.81. The van der Waals surface area contributed by atoms with Crippen LogP contribution in [-0.4, -0.2) is 48.1 Å². The van der Waals surface area contributed by atoms with Gasteiger partial charge in [0.2, 0.25) is 0 Å². The van der Waals surface area contributed by atoms with Gasteiger partial charge in [-0.15, -0.1) is 0 Å². The molecule has 3 rings (SSSR count). The van der Waals surface area contributed by atoms with E-state index in [9.17, 15) is 19.5 Å². The fraction of sp³-hybridized carbons (Fsp3) is 0.464. The van der Waals surface area contributed by atoms with Crippen LogP contribution in [0.2, 0.25) is 0 Å². The van der Waals surface area contributed by atoms with E-state index in [1.807, 2.05) is 62.4 Å². The topological polar surface area (TPSA) is 114 Å². The van der Waals surface area contributed by atoms with Gasteiger partial charge in [0.1, 0.15) is 18.2 Å². The molecule has 0 fully saturated rings. The van der Waals surface area contributed by atoms with Gasteiger partial charge < -0.3 is 25.2 Å². The summed E-state index contributed by atoms with van der Waals surface area (Å²) in [6, 6.07) is 14.9. The van der Waals surface area contributed by atoms with Crippen molar-refractivity contribution in [3.63, 3.8) is 0 Å². The van der Waals surface area contributed by atoms with Crippen molar-refractivity contribution in [2.24, 2.45) is 0 Å². The molecule has 0 bridgehead atoms. The third-order valence-electron chi connectivity index (χ3n) is 5.52. The van der Waals surface area contributed by atoms with Crippen LogP contribution in [-0.2, 0) is 14.3 Å². The number of carbonyl (C=O) groups excluding carboxylic acids is 2. The highest BCUT2D eigenvalue weighted by atomic mass is 16.6. The van der Waals surface area contributed by atoms with Gasteiger partial charge in [-0.2, -0.15) is 0 Å². The number of alkyl carbamates (subject to hydrolysis) is 2. The predicted octanol–water partition coefficient (Wildman–Crippen LogP) is 5.70. The number of carboxylic acid groups (broad SMARTS) is 1. The smallest absolute Gasteiger partial charge is 0.407 e. The minimum absolute atomic E-state index is 0.0969. The molecule has 0 aliphatic heterocycles. The van der Waals surface area contributed by atoms with Crippen LogP contribution in [0.25, 0.3) is 11.1 Å². The van der Waals surface area contributed by atoms with Crippen LogP contribution in [0.1, 0.15) is 70.9 Å². The Morgan fingerprint density at radius 2 is 1.47 bits per heavy atom. The maximum Gasteiger partial charge on any atom is 0.407 e. The van der Waals surface area contributed by atoms with Crippen molar-refractivity contribution < 1.29 is 29.0 Å². The molecule has 0 radical (unpaired) electrons. The van der Waals surface area contributed by atoms with E-state index < -0.39 is 29.8 Å². The molecule has 1 atom stereocenters. The molecule has 0 spiro atoms. The third-order valence-corrected chi connectivity index (χ3v) is 5.52. The summed E-state index contributed by atoms with van der Waals surface area (Å²) in [5.41, 5.74) is 3.84. The van der Waals surface area contributed by atoms with Crippen LogP contribution in [0.15, 0.2) is 48.5 Å². The van der Waals surface area contributed by atoms with Crippen LogP contribution in [0.5, 0.6) is 0 Å². The van der Waals surface area contributed by atoms with Gasteiger partial charge in [-0.3, -0.25) is 0 Å². The molecule has 2 aromatic carbocycles. The lowest BCUT2D eigenvalue weighted by atomic mass is 9.98. The predicted molar refractivity (Wildman–Crippen MR) is 139 cm³/mol. The summed E-state index contributed by atoms with van der Waals surface area (Å²) in [5.74, 6) is -1.23. The van der Waals surface area contributed by atoms with Crippen LogP contribution >= 0.6 is 0 Å². The summed E-state index contributed by atoms with van der Waals surface area (Å²) in [6.07, 6.45) is -0.0124. The lowest BCUT2D eigenvalue weighted by Crippen LogP contribution is -2.41. The number of rotatable bonds is 9. The number of unbranched alkanes of at least 4 members (excludes halogenated alkanes) is 1. The minimum atomic E-state index is -1.13. The Morgan fingerprint density at radius 1 is 0.917 bits per heavy atom. The van der Waals surface area contributed by atoms with Gasteiger partial charge in [0.05, 0.1) is 0 Å². The summed E-state index contributed by atoms with van der Waals surface area (Å²) < 4.78 is 10.6. The van der Waals surface area contributed by atoms with E-state index in [0.29, 0.717) is 19.4 Å². The number of aliphatic carboxylic acids is 1. The monoisotopic (exact) mass is 498 g/mol. The minimum Gasteiger partial charge on any atom is -0.480 e. The molecule has 1 aliphatic rings.